The van der Waals surface area contributed by atoms with Crippen molar-refractivity contribution in [3.8, 4) is 0 Å². The maximum Gasteiger partial charge on any atom is 0.188 e. The first-order chi connectivity index (χ1) is 8.84. The van der Waals surface area contributed by atoms with Crippen LogP contribution >= 0.6 is 11.3 Å². The summed E-state index contributed by atoms with van der Waals surface area (Å²) in [7, 11) is 0. The van der Waals surface area contributed by atoms with Crippen LogP contribution in [-0.4, -0.2) is 32.3 Å². The van der Waals surface area contributed by atoms with E-state index in [2.05, 4.69) is 33.9 Å². The van der Waals surface area contributed by atoms with Crippen LogP contribution in [0.25, 0.3) is 0 Å². The molecule has 0 aliphatic carbocycles. The monoisotopic (exact) mass is 265 g/mol. The molecule has 4 nitrogen and oxygen atoms in total. The third-order valence-electron chi connectivity index (χ3n) is 2.69. The van der Waals surface area contributed by atoms with E-state index in [0.717, 1.165) is 26.0 Å². The number of ether oxygens (including phenoxy) is 1. The molecule has 2 heterocycles. The summed E-state index contributed by atoms with van der Waals surface area (Å²) < 4.78 is 5.35. The van der Waals surface area contributed by atoms with Gasteiger partial charge in [-0.15, -0.1) is 11.3 Å². The van der Waals surface area contributed by atoms with Crippen LogP contribution in [-0.2, 0) is 11.2 Å². The molecule has 0 unspecified atom stereocenters. The Morgan fingerprint density at radius 1 is 1.56 bits per heavy atom. The normalized spacial score (nSPS) is 16.4. The van der Waals surface area contributed by atoms with Crippen LogP contribution in [0.15, 0.2) is 34.2 Å². The zero-order chi connectivity index (χ0) is 12.6. The number of rotatable bonds is 5. The van der Waals surface area contributed by atoms with E-state index in [4.69, 9.17) is 10.5 Å². The fourth-order valence-corrected chi connectivity index (χ4v) is 2.44. The molecule has 0 radical (unpaired) electrons. The Labute approximate surface area is 112 Å². The second-order valence-electron chi connectivity index (χ2n) is 4.16. The molecule has 0 amide bonds. The SMILES string of the molecule is NC(=NCC1=CCCOC1)NCCc1cccs1. The third kappa shape index (κ3) is 4.50. The molecule has 1 aromatic rings. The molecule has 0 aromatic carbocycles. The average molecular weight is 265 g/mol. The van der Waals surface area contributed by atoms with Gasteiger partial charge in [-0.1, -0.05) is 12.1 Å². The van der Waals surface area contributed by atoms with Crippen LogP contribution in [0.5, 0.6) is 0 Å². The molecule has 0 atom stereocenters. The molecule has 18 heavy (non-hydrogen) atoms. The van der Waals surface area contributed by atoms with Crippen molar-refractivity contribution in [3.63, 3.8) is 0 Å². The maximum absolute atomic E-state index is 5.80. The lowest BCUT2D eigenvalue weighted by atomic mass is 10.2. The lowest BCUT2D eigenvalue weighted by molar-refractivity contribution is 0.150. The summed E-state index contributed by atoms with van der Waals surface area (Å²) in [6.45, 7) is 2.97. The van der Waals surface area contributed by atoms with Crippen LogP contribution in [0, 0.1) is 0 Å². The molecule has 1 aromatic heterocycles. The van der Waals surface area contributed by atoms with E-state index < -0.39 is 0 Å². The number of hydrogen-bond donors (Lipinski definition) is 2. The highest BCUT2D eigenvalue weighted by molar-refractivity contribution is 7.09. The minimum Gasteiger partial charge on any atom is -0.377 e. The first-order valence-corrected chi connectivity index (χ1v) is 7.04. The van der Waals surface area contributed by atoms with Gasteiger partial charge < -0.3 is 15.8 Å². The first kappa shape index (κ1) is 13.1. The van der Waals surface area contributed by atoms with E-state index in [9.17, 15) is 0 Å². The molecule has 1 aliphatic heterocycles. The molecule has 98 valence electrons. The van der Waals surface area contributed by atoms with Gasteiger partial charge in [-0.3, -0.25) is 0 Å². The van der Waals surface area contributed by atoms with Crippen LogP contribution in [0.4, 0.5) is 0 Å². The first-order valence-electron chi connectivity index (χ1n) is 6.16. The van der Waals surface area contributed by atoms with Gasteiger partial charge in [0.05, 0.1) is 19.8 Å². The highest BCUT2D eigenvalue weighted by atomic mass is 32.1. The summed E-state index contributed by atoms with van der Waals surface area (Å²) in [5.74, 6) is 0.512. The Hall–Kier alpha value is -1.33. The quantitative estimate of drug-likeness (QED) is 0.482. The highest BCUT2D eigenvalue weighted by Gasteiger charge is 2.02. The summed E-state index contributed by atoms with van der Waals surface area (Å²) in [6, 6.07) is 4.19. The predicted molar refractivity (Wildman–Crippen MR) is 76.0 cm³/mol. The second kappa shape index (κ2) is 7.18. The number of nitrogens with one attached hydrogen (secondary N) is 1. The molecule has 0 spiro atoms. The van der Waals surface area contributed by atoms with Crippen molar-refractivity contribution in [1.29, 1.82) is 0 Å². The van der Waals surface area contributed by atoms with Crippen molar-refractivity contribution >= 4 is 17.3 Å². The number of nitrogens with zero attached hydrogens (tertiary/aromatic N) is 1. The number of nitrogens with two attached hydrogens (primary N) is 1. The Balaban J connectivity index is 1.67. The zero-order valence-electron chi connectivity index (χ0n) is 10.4. The van der Waals surface area contributed by atoms with Gasteiger partial charge in [-0.25, -0.2) is 4.99 Å². The van der Waals surface area contributed by atoms with E-state index in [0.29, 0.717) is 19.1 Å². The van der Waals surface area contributed by atoms with Gasteiger partial charge in [-0.2, -0.15) is 0 Å². The average Bonchev–Trinajstić information content (AvgIpc) is 2.91. The third-order valence-corrected chi connectivity index (χ3v) is 3.63. The van der Waals surface area contributed by atoms with Crippen molar-refractivity contribution in [2.24, 2.45) is 10.7 Å². The molecule has 1 aliphatic rings. The van der Waals surface area contributed by atoms with Gasteiger partial charge in [0.15, 0.2) is 5.96 Å². The highest BCUT2D eigenvalue weighted by Crippen LogP contribution is 2.08. The summed E-state index contributed by atoms with van der Waals surface area (Å²) in [4.78, 5) is 5.66. The van der Waals surface area contributed by atoms with Gasteiger partial charge in [0.2, 0.25) is 0 Å². The Morgan fingerprint density at radius 3 is 3.22 bits per heavy atom. The lowest BCUT2D eigenvalue weighted by Crippen LogP contribution is -2.33. The van der Waals surface area contributed by atoms with Crippen molar-refractivity contribution < 1.29 is 4.74 Å². The van der Waals surface area contributed by atoms with Gasteiger partial charge in [0.25, 0.3) is 0 Å². The second-order valence-corrected chi connectivity index (χ2v) is 5.19. The summed E-state index contributed by atoms with van der Waals surface area (Å²) in [5, 5.41) is 5.21. The molecule has 5 heteroatoms. The molecule has 2 rings (SSSR count). The van der Waals surface area contributed by atoms with Crippen LogP contribution in [0.1, 0.15) is 11.3 Å². The van der Waals surface area contributed by atoms with Gasteiger partial charge in [0, 0.05) is 11.4 Å². The van der Waals surface area contributed by atoms with E-state index >= 15 is 0 Å². The Morgan fingerprint density at radius 2 is 2.50 bits per heavy atom. The van der Waals surface area contributed by atoms with E-state index in [1.807, 2.05) is 0 Å². The van der Waals surface area contributed by atoms with Crippen molar-refractivity contribution in [2.45, 2.75) is 12.8 Å². The summed E-state index contributed by atoms with van der Waals surface area (Å²) in [5.41, 5.74) is 7.02. The van der Waals surface area contributed by atoms with E-state index in [1.54, 1.807) is 11.3 Å². The standard InChI is InChI=1S/C13H19N3OS/c14-13(15-6-5-12-4-2-8-18-12)16-9-11-3-1-7-17-10-11/h2-4,8H,1,5-7,9-10H2,(H3,14,15,16). The van der Waals surface area contributed by atoms with Crippen LogP contribution < -0.4 is 11.1 Å². The Kier molecular flexibility index (Phi) is 5.23. The molecule has 0 saturated heterocycles. The summed E-state index contributed by atoms with van der Waals surface area (Å²) in [6.07, 6.45) is 4.15. The molecule has 0 saturated carbocycles. The molecular weight excluding hydrogens is 246 g/mol. The van der Waals surface area contributed by atoms with E-state index in [1.165, 1.54) is 10.5 Å². The zero-order valence-corrected chi connectivity index (χ0v) is 11.2. The fraction of sp³-hybridized carbons (Fsp3) is 0.462. The lowest BCUT2D eigenvalue weighted by Gasteiger charge is -2.12. The Bertz CT molecular complexity index is 412. The van der Waals surface area contributed by atoms with E-state index in [-0.39, 0.29) is 0 Å². The summed E-state index contributed by atoms with van der Waals surface area (Å²) >= 11 is 1.76. The minimum absolute atomic E-state index is 0.512. The number of aliphatic imine (C=N–C) groups is 1. The predicted octanol–water partition coefficient (Wildman–Crippen LogP) is 1.54. The van der Waals surface area contributed by atoms with Crippen molar-refractivity contribution in [2.75, 3.05) is 26.3 Å². The maximum atomic E-state index is 5.80. The van der Waals surface area contributed by atoms with Gasteiger partial charge in [0.1, 0.15) is 0 Å². The number of thiophene rings is 1. The smallest absolute Gasteiger partial charge is 0.188 e. The topological polar surface area (TPSA) is 59.6 Å². The van der Waals surface area contributed by atoms with Crippen LogP contribution in [0.3, 0.4) is 0 Å². The van der Waals surface area contributed by atoms with Gasteiger partial charge in [-0.05, 0) is 29.9 Å². The molecular formula is C13H19N3OS. The van der Waals surface area contributed by atoms with Gasteiger partial charge >= 0.3 is 0 Å². The number of hydrogen-bond acceptors (Lipinski definition) is 3. The fourth-order valence-electron chi connectivity index (χ4n) is 1.73. The molecule has 0 bridgehead atoms. The molecule has 0 fully saturated rings. The molecule has 3 N–H and O–H groups in total. The van der Waals surface area contributed by atoms with Crippen LogP contribution in [0.2, 0.25) is 0 Å². The minimum atomic E-state index is 0.512. The van der Waals surface area contributed by atoms with Crippen molar-refractivity contribution in [1.82, 2.24) is 5.32 Å². The largest absolute Gasteiger partial charge is 0.377 e. The number of guanidine groups is 1. The van der Waals surface area contributed by atoms with Crippen molar-refractivity contribution in [3.05, 3.63) is 34.0 Å².